The summed E-state index contributed by atoms with van der Waals surface area (Å²) in [7, 11) is 0. The Balaban J connectivity index is 1.72. The minimum Gasteiger partial charge on any atom is -0.490 e. The number of nitriles is 2. The molecule has 3 N–H and O–H groups in total. The molecule has 180 valence electrons. The summed E-state index contributed by atoms with van der Waals surface area (Å²) < 4.78 is 16.8. The monoisotopic (exact) mass is 482 g/mol. The Hall–Kier alpha value is -5.02. The summed E-state index contributed by atoms with van der Waals surface area (Å²) in [6.45, 7) is 5.90. The van der Waals surface area contributed by atoms with Crippen LogP contribution < -0.4 is 15.2 Å². The molecule has 0 spiro atoms. The number of rotatable bonds is 7. The smallest absolute Gasteiger partial charge is 0.371 e. The van der Waals surface area contributed by atoms with E-state index in [2.05, 4.69) is 17.1 Å². The number of pyridine rings is 1. The number of carbonyl (C=O) groups is 1. The lowest BCUT2D eigenvalue weighted by Gasteiger charge is -2.13. The first-order valence-electron chi connectivity index (χ1n) is 11.0. The van der Waals surface area contributed by atoms with Gasteiger partial charge in [-0.2, -0.15) is 10.5 Å². The molecule has 0 radical (unpaired) electrons. The highest BCUT2D eigenvalue weighted by molar-refractivity contribution is 6.08. The summed E-state index contributed by atoms with van der Waals surface area (Å²) in [5, 5.41) is 28.3. The summed E-state index contributed by atoms with van der Waals surface area (Å²) in [5.41, 5.74) is 10.8. The maximum atomic E-state index is 11.0. The normalized spacial score (nSPS) is 13.3. The molecule has 1 aromatic carbocycles. The van der Waals surface area contributed by atoms with Gasteiger partial charge in [0.1, 0.15) is 30.3 Å². The number of hydrogen-bond acceptors (Lipinski definition) is 8. The van der Waals surface area contributed by atoms with E-state index in [-0.39, 0.29) is 23.7 Å². The van der Waals surface area contributed by atoms with Crippen LogP contribution in [0.1, 0.15) is 58.1 Å². The Morgan fingerprint density at radius 2 is 1.94 bits per heavy atom. The van der Waals surface area contributed by atoms with Crippen molar-refractivity contribution < 1.29 is 23.8 Å². The molecule has 0 atom stereocenters. The largest absolute Gasteiger partial charge is 0.490 e. The van der Waals surface area contributed by atoms with Crippen LogP contribution in [0, 0.1) is 29.6 Å². The summed E-state index contributed by atoms with van der Waals surface area (Å²) >= 11 is 0. The standard InChI is InChI=1S/C27H22N4O5/c1-4-34-23-10-16(5-7-21(23)35-13-17-6-8-22(36-17)27(32)33)9-18-14(2)19(11-28)25-24(18)15(3)20(12-29)26(30)31-25/h5-10H,4,13H2,1-3H3,(H2,30,31)(H,32,33). The second-order valence-electron chi connectivity index (χ2n) is 8.00. The number of hydrogen-bond donors (Lipinski definition) is 2. The average Bonchev–Trinajstić information content (AvgIpc) is 3.42. The lowest BCUT2D eigenvalue weighted by molar-refractivity contribution is 0.0658. The van der Waals surface area contributed by atoms with Crippen LogP contribution in [-0.2, 0) is 6.61 Å². The van der Waals surface area contributed by atoms with Gasteiger partial charge in [-0.05, 0) is 73.4 Å². The van der Waals surface area contributed by atoms with Crippen molar-refractivity contribution in [1.29, 1.82) is 10.5 Å². The number of furan rings is 1. The van der Waals surface area contributed by atoms with Gasteiger partial charge in [0.15, 0.2) is 11.5 Å². The maximum absolute atomic E-state index is 11.0. The molecule has 0 saturated heterocycles. The van der Waals surface area contributed by atoms with Crippen molar-refractivity contribution in [2.75, 3.05) is 12.3 Å². The number of nitrogens with two attached hydrogens (primary N) is 1. The number of benzene rings is 1. The van der Waals surface area contributed by atoms with Crippen molar-refractivity contribution in [2.45, 2.75) is 27.4 Å². The van der Waals surface area contributed by atoms with E-state index in [1.165, 1.54) is 6.07 Å². The molecule has 3 aromatic rings. The van der Waals surface area contributed by atoms with Gasteiger partial charge in [-0.3, -0.25) is 0 Å². The van der Waals surface area contributed by atoms with E-state index in [0.717, 1.165) is 16.7 Å². The molecule has 9 nitrogen and oxygen atoms in total. The molecule has 36 heavy (non-hydrogen) atoms. The van der Waals surface area contributed by atoms with Crippen molar-refractivity contribution in [1.82, 2.24) is 4.98 Å². The Labute approximate surface area is 207 Å². The number of ether oxygens (including phenoxy) is 2. The second-order valence-corrected chi connectivity index (χ2v) is 8.00. The molecule has 0 amide bonds. The van der Waals surface area contributed by atoms with Crippen LogP contribution in [0.15, 0.2) is 40.3 Å². The van der Waals surface area contributed by atoms with Crippen LogP contribution in [0.4, 0.5) is 5.82 Å². The number of aromatic nitrogens is 1. The van der Waals surface area contributed by atoms with E-state index in [4.69, 9.17) is 24.7 Å². The molecule has 2 aromatic heterocycles. The minimum atomic E-state index is -1.15. The molecule has 0 saturated carbocycles. The third kappa shape index (κ3) is 4.26. The summed E-state index contributed by atoms with van der Waals surface area (Å²) in [6, 6.07) is 12.6. The number of nitrogen functional groups attached to an aromatic ring is 1. The molecule has 0 fully saturated rings. The number of carboxylic acids is 1. The minimum absolute atomic E-state index is 0.0256. The molecular formula is C27H22N4O5. The molecule has 9 heteroatoms. The number of anilines is 1. The summed E-state index contributed by atoms with van der Waals surface area (Å²) in [6.07, 6.45) is 1.91. The first kappa shape index (κ1) is 24.1. The van der Waals surface area contributed by atoms with E-state index in [1.807, 2.05) is 26.0 Å². The SMILES string of the molecule is CCOc1cc(C=C2C(C)=C(C#N)c3nc(N)c(C#N)c(C)c32)ccc1OCc1ccc(C(=O)O)o1. The fourth-order valence-electron chi connectivity index (χ4n) is 4.08. The molecule has 2 heterocycles. The second kappa shape index (κ2) is 9.69. The zero-order valence-corrected chi connectivity index (χ0v) is 19.9. The predicted molar refractivity (Wildman–Crippen MR) is 132 cm³/mol. The van der Waals surface area contributed by atoms with Crippen LogP contribution >= 0.6 is 0 Å². The Bertz CT molecular complexity index is 1530. The third-order valence-electron chi connectivity index (χ3n) is 5.80. The fraction of sp³-hybridized carbons (Fsp3) is 0.185. The van der Waals surface area contributed by atoms with Crippen LogP contribution in [0.25, 0.3) is 17.2 Å². The first-order valence-corrected chi connectivity index (χ1v) is 11.0. The van der Waals surface area contributed by atoms with E-state index < -0.39 is 5.97 Å². The highest BCUT2D eigenvalue weighted by Gasteiger charge is 2.29. The molecule has 0 bridgehead atoms. The van der Waals surface area contributed by atoms with E-state index in [1.54, 1.807) is 25.1 Å². The topological polar surface area (TPSA) is 155 Å². The van der Waals surface area contributed by atoms with Crippen LogP contribution in [-0.4, -0.2) is 22.7 Å². The molecule has 1 aliphatic rings. The van der Waals surface area contributed by atoms with Crippen molar-refractivity contribution in [3.8, 4) is 23.6 Å². The quantitative estimate of drug-likeness (QED) is 0.475. The third-order valence-corrected chi connectivity index (χ3v) is 5.80. The summed E-state index contributed by atoms with van der Waals surface area (Å²) in [5.74, 6) is 0.0972. The maximum Gasteiger partial charge on any atom is 0.371 e. The first-order chi connectivity index (χ1) is 17.3. The van der Waals surface area contributed by atoms with Gasteiger partial charge in [-0.15, -0.1) is 0 Å². The lowest BCUT2D eigenvalue weighted by Crippen LogP contribution is -2.03. The highest BCUT2D eigenvalue weighted by Crippen LogP contribution is 2.44. The van der Waals surface area contributed by atoms with Gasteiger partial charge in [0.2, 0.25) is 5.76 Å². The van der Waals surface area contributed by atoms with Gasteiger partial charge in [-0.25, -0.2) is 9.78 Å². The number of carboxylic acid groups (broad SMARTS) is 1. The molecule has 4 rings (SSSR count). The van der Waals surface area contributed by atoms with Crippen molar-refractivity contribution >= 4 is 29.0 Å². The van der Waals surface area contributed by atoms with E-state index in [9.17, 15) is 15.3 Å². The van der Waals surface area contributed by atoms with Gasteiger partial charge in [0, 0.05) is 5.56 Å². The predicted octanol–water partition coefficient (Wildman–Crippen LogP) is 4.96. The van der Waals surface area contributed by atoms with Crippen molar-refractivity contribution in [2.24, 2.45) is 0 Å². The number of allylic oxidation sites excluding steroid dienone is 3. The van der Waals surface area contributed by atoms with E-state index in [0.29, 0.717) is 46.3 Å². The van der Waals surface area contributed by atoms with Crippen LogP contribution in [0.3, 0.4) is 0 Å². The average molecular weight is 482 g/mol. The van der Waals surface area contributed by atoms with E-state index >= 15 is 0 Å². The van der Waals surface area contributed by atoms with Gasteiger partial charge in [0.25, 0.3) is 0 Å². The fourth-order valence-corrected chi connectivity index (χ4v) is 4.08. The zero-order valence-electron chi connectivity index (χ0n) is 19.9. The van der Waals surface area contributed by atoms with Gasteiger partial charge >= 0.3 is 5.97 Å². The van der Waals surface area contributed by atoms with Gasteiger partial charge in [0.05, 0.1) is 23.4 Å². The van der Waals surface area contributed by atoms with Crippen LogP contribution in [0.5, 0.6) is 11.5 Å². The van der Waals surface area contributed by atoms with Crippen molar-refractivity contribution in [3.05, 3.63) is 75.4 Å². The highest BCUT2D eigenvalue weighted by atomic mass is 16.5. The molecule has 0 aliphatic heterocycles. The Morgan fingerprint density at radius 1 is 1.17 bits per heavy atom. The number of nitrogens with zero attached hydrogens (tertiary/aromatic N) is 3. The lowest BCUT2D eigenvalue weighted by atomic mass is 9.95. The molecule has 0 unspecified atom stereocenters. The number of fused-ring (bicyclic) bond motifs is 1. The van der Waals surface area contributed by atoms with Crippen LogP contribution in [0.2, 0.25) is 0 Å². The summed E-state index contributed by atoms with van der Waals surface area (Å²) in [4.78, 5) is 15.4. The number of aromatic carboxylic acids is 1. The zero-order chi connectivity index (χ0) is 26.0. The Kier molecular flexibility index (Phi) is 6.49. The van der Waals surface area contributed by atoms with Gasteiger partial charge in [-0.1, -0.05) is 6.07 Å². The van der Waals surface area contributed by atoms with Gasteiger partial charge < -0.3 is 24.7 Å². The van der Waals surface area contributed by atoms with Crippen molar-refractivity contribution in [3.63, 3.8) is 0 Å². The molecular weight excluding hydrogens is 460 g/mol. The Morgan fingerprint density at radius 3 is 2.58 bits per heavy atom. The molecule has 1 aliphatic carbocycles.